The summed E-state index contributed by atoms with van der Waals surface area (Å²) in [5, 5.41) is 6.95. The quantitative estimate of drug-likeness (QED) is 0.128. The summed E-state index contributed by atoms with van der Waals surface area (Å²) >= 11 is 11.2. The highest BCUT2D eigenvalue weighted by Gasteiger charge is 2.13. The minimum absolute atomic E-state index is 0.252. The standard InChI is InChI=1S/C23H16BrClIN3O4/c24-16-7-10-20(33-23(32)14-5-8-17(25)9-6-14)15(11-16)12-28-29-21(30)13-27-22(31)18-3-1-2-4-19(18)26/h1-12H,13H2,(H,27,31)(H,29,30). The highest BCUT2D eigenvalue weighted by molar-refractivity contribution is 14.1. The van der Waals surface area contributed by atoms with E-state index in [1.165, 1.54) is 6.21 Å². The topological polar surface area (TPSA) is 96.9 Å². The normalized spacial score (nSPS) is 10.6. The Hall–Kier alpha value is -2.76. The van der Waals surface area contributed by atoms with Gasteiger partial charge in [-0.3, -0.25) is 9.59 Å². The molecule has 0 bridgehead atoms. The average molecular weight is 641 g/mol. The van der Waals surface area contributed by atoms with Crippen molar-refractivity contribution in [2.75, 3.05) is 6.54 Å². The Kier molecular flexibility index (Phi) is 8.98. The molecule has 0 aromatic heterocycles. The second-order valence-corrected chi connectivity index (χ2v) is 9.05. The van der Waals surface area contributed by atoms with E-state index in [0.717, 1.165) is 8.04 Å². The zero-order chi connectivity index (χ0) is 23.8. The minimum atomic E-state index is -0.564. The molecule has 0 aliphatic heterocycles. The Morgan fingerprint density at radius 3 is 2.52 bits per heavy atom. The van der Waals surface area contributed by atoms with Crippen LogP contribution < -0.4 is 15.5 Å². The molecule has 3 rings (SSSR count). The van der Waals surface area contributed by atoms with Crippen LogP contribution in [0.4, 0.5) is 0 Å². The van der Waals surface area contributed by atoms with Crippen molar-refractivity contribution >= 4 is 74.1 Å². The first kappa shape index (κ1) is 24.9. The van der Waals surface area contributed by atoms with Crippen LogP contribution in [0.3, 0.4) is 0 Å². The molecule has 2 amide bonds. The van der Waals surface area contributed by atoms with Crippen molar-refractivity contribution in [1.82, 2.24) is 10.7 Å². The van der Waals surface area contributed by atoms with Gasteiger partial charge in [0.05, 0.1) is 23.9 Å². The van der Waals surface area contributed by atoms with Gasteiger partial charge >= 0.3 is 5.97 Å². The van der Waals surface area contributed by atoms with Crippen molar-refractivity contribution < 1.29 is 19.1 Å². The molecule has 0 fully saturated rings. The summed E-state index contributed by atoms with van der Waals surface area (Å²) in [7, 11) is 0. The number of hydrogen-bond donors (Lipinski definition) is 2. The number of amides is 2. The summed E-state index contributed by atoms with van der Waals surface area (Å²) < 4.78 is 6.97. The van der Waals surface area contributed by atoms with Crippen molar-refractivity contribution in [3.63, 3.8) is 0 Å². The van der Waals surface area contributed by atoms with Crippen LogP contribution in [0.2, 0.25) is 5.02 Å². The van der Waals surface area contributed by atoms with Crippen molar-refractivity contribution in [3.05, 3.63) is 96.5 Å². The van der Waals surface area contributed by atoms with E-state index >= 15 is 0 Å². The fourth-order valence-corrected chi connectivity index (χ4v) is 3.71. The smallest absolute Gasteiger partial charge is 0.343 e. The highest BCUT2D eigenvalue weighted by atomic mass is 127. The van der Waals surface area contributed by atoms with Gasteiger partial charge in [-0.2, -0.15) is 5.10 Å². The summed E-state index contributed by atoms with van der Waals surface area (Å²) in [6.45, 7) is -0.252. The second-order valence-electron chi connectivity index (χ2n) is 6.53. The van der Waals surface area contributed by atoms with E-state index < -0.39 is 11.9 Å². The summed E-state index contributed by atoms with van der Waals surface area (Å²) in [6.07, 6.45) is 1.34. The van der Waals surface area contributed by atoms with E-state index in [-0.39, 0.29) is 18.2 Å². The molecular formula is C23H16BrClIN3O4. The minimum Gasteiger partial charge on any atom is -0.422 e. The SMILES string of the molecule is O=C(CNC(=O)c1ccccc1I)NN=Cc1cc(Br)ccc1OC(=O)c1ccc(Cl)cc1. The molecule has 7 nitrogen and oxygen atoms in total. The molecule has 0 heterocycles. The number of carbonyl (C=O) groups is 3. The molecule has 33 heavy (non-hydrogen) atoms. The number of halogens is 3. The molecule has 0 saturated carbocycles. The van der Waals surface area contributed by atoms with Gasteiger partial charge in [-0.15, -0.1) is 0 Å². The van der Waals surface area contributed by atoms with Gasteiger partial charge in [0.15, 0.2) is 0 Å². The van der Waals surface area contributed by atoms with E-state index in [4.69, 9.17) is 16.3 Å². The number of carbonyl (C=O) groups excluding carboxylic acids is 3. The third-order valence-electron chi connectivity index (χ3n) is 4.18. The number of nitrogens with one attached hydrogen (secondary N) is 2. The van der Waals surface area contributed by atoms with Crippen molar-refractivity contribution in [3.8, 4) is 5.75 Å². The summed E-state index contributed by atoms with van der Waals surface area (Å²) in [5.41, 5.74) is 3.61. The van der Waals surface area contributed by atoms with Crippen molar-refractivity contribution in [1.29, 1.82) is 0 Å². The molecule has 2 N–H and O–H groups in total. The van der Waals surface area contributed by atoms with Crippen LogP contribution in [-0.4, -0.2) is 30.5 Å². The molecule has 0 unspecified atom stereocenters. The van der Waals surface area contributed by atoms with Crippen molar-refractivity contribution in [2.24, 2.45) is 5.10 Å². The van der Waals surface area contributed by atoms with Gasteiger partial charge in [0.25, 0.3) is 11.8 Å². The van der Waals surface area contributed by atoms with E-state index in [1.54, 1.807) is 60.7 Å². The fourth-order valence-electron chi connectivity index (χ4n) is 2.57. The number of rotatable bonds is 7. The van der Waals surface area contributed by atoms with Crippen LogP contribution >= 0.6 is 50.1 Å². The molecular weight excluding hydrogens is 625 g/mol. The molecule has 3 aromatic rings. The monoisotopic (exact) mass is 639 g/mol. The van der Waals surface area contributed by atoms with Gasteiger partial charge in [0, 0.05) is 18.6 Å². The van der Waals surface area contributed by atoms with E-state index in [2.05, 4.69) is 54.4 Å². The van der Waals surface area contributed by atoms with Crippen LogP contribution in [0.15, 0.2) is 76.3 Å². The van der Waals surface area contributed by atoms with Crippen LogP contribution in [-0.2, 0) is 4.79 Å². The summed E-state index contributed by atoms with van der Waals surface area (Å²) in [6, 6.07) is 18.3. The number of esters is 1. The second kappa shape index (κ2) is 11.9. The van der Waals surface area contributed by atoms with Crippen LogP contribution in [0.5, 0.6) is 5.75 Å². The Morgan fingerprint density at radius 2 is 1.79 bits per heavy atom. The fraction of sp³-hybridized carbons (Fsp3) is 0.0435. The molecule has 168 valence electrons. The van der Waals surface area contributed by atoms with E-state index in [9.17, 15) is 14.4 Å². The Morgan fingerprint density at radius 1 is 1.06 bits per heavy atom. The number of nitrogens with zero attached hydrogens (tertiary/aromatic N) is 1. The third-order valence-corrected chi connectivity index (χ3v) is 5.86. The largest absolute Gasteiger partial charge is 0.422 e. The predicted octanol–water partition coefficient (Wildman–Crippen LogP) is 4.81. The lowest BCUT2D eigenvalue weighted by Gasteiger charge is -2.08. The number of hydrazone groups is 1. The maximum Gasteiger partial charge on any atom is 0.343 e. The van der Waals surface area contributed by atoms with Crippen LogP contribution in [0.25, 0.3) is 0 Å². The number of benzene rings is 3. The maximum atomic E-state index is 12.4. The molecule has 0 atom stereocenters. The molecule has 3 aromatic carbocycles. The third kappa shape index (κ3) is 7.37. The highest BCUT2D eigenvalue weighted by Crippen LogP contribution is 2.23. The predicted molar refractivity (Wildman–Crippen MR) is 138 cm³/mol. The van der Waals surface area contributed by atoms with Gasteiger partial charge < -0.3 is 10.1 Å². The lowest BCUT2D eigenvalue weighted by Crippen LogP contribution is -2.35. The lowest BCUT2D eigenvalue weighted by molar-refractivity contribution is -0.120. The van der Waals surface area contributed by atoms with Gasteiger partial charge in [-0.05, 0) is 77.2 Å². The van der Waals surface area contributed by atoms with E-state index in [1.807, 2.05) is 6.07 Å². The zero-order valence-electron chi connectivity index (χ0n) is 16.8. The zero-order valence-corrected chi connectivity index (χ0v) is 21.3. The van der Waals surface area contributed by atoms with E-state index in [0.29, 0.717) is 21.7 Å². The Labute approximate surface area is 216 Å². The molecule has 0 spiro atoms. The number of ether oxygens (including phenoxy) is 1. The molecule has 0 aliphatic carbocycles. The number of hydrogen-bond acceptors (Lipinski definition) is 5. The van der Waals surface area contributed by atoms with Gasteiger partial charge in [0.2, 0.25) is 0 Å². The molecule has 0 radical (unpaired) electrons. The maximum absolute atomic E-state index is 12.4. The summed E-state index contributed by atoms with van der Waals surface area (Å²) in [5.74, 6) is -1.18. The van der Waals surface area contributed by atoms with Gasteiger partial charge in [-0.25, -0.2) is 10.2 Å². The van der Waals surface area contributed by atoms with Crippen molar-refractivity contribution in [2.45, 2.75) is 0 Å². The Bertz CT molecular complexity index is 1220. The molecule has 10 heteroatoms. The van der Waals surface area contributed by atoms with Gasteiger partial charge in [-0.1, -0.05) is 39.7 Å². The first-order valence-electron chi connectivity index (χ1n) is 9.45. The van der Waals surface area contributed by atoms with Gasteiger partial charge in [0.1, 0.15) is 5.75 Å². The lowest BCUT2D eigenvalue weighted by atomic mass is 10.2. The molecule has 0 saturated heterocycles. The Balaban J connectivity index is 1.60. The first-order chi connectivity index (χ1) is 15.8. The summed E-state index contributed by atoms with van der Waals surface area (Å²) in [4.78, 5) is 36.6. The van der Waals surface area contributed by atoms with Crippen LogP contribution in [0, 0.1) is 3.57 Å². The average Bonchev–Trinajstić information content (AvgIpc) is 2.80. The first-order valence-corrected chi connectivity index (χ1v) is 11.7. The van der Waals surface area contributed by atoms with Crippen LogP contribution in [0.1, 0.15) is 26.3 Å². The molecule has 0 aliphatic rings.